The second kappa shape index (κ2) is 7.90. The minimum Gasteiger partial charge on any atom is -0.352 e. The molecule has 0 aliphatic rings. The number of primary amides is 1. The summed E-state index contributed by atoms with van der Waals surface area (Å²) in [5.41, 5.74) is 9.84. The molecule has 0 radical (unpaired) electrons. The van der Waals surface area contributed by atoms with Crippen LogP contribution in [0.5, 0.6) is 0 Å². The van der Waals surface area contributed by atoms with Crippen LogP contribution in [-0.4, -0.2) is 31.8 Å². The zero-order valence-electron chi connectivity index (χ0n) is 15.8. The van der Waals surface area contributed by atoms with E-state index < -0.39 is 15.9 Å². The lowest BCUT2D eigenvalue weighted by Gasteiger charge is -2.15. The van der Waals surface area contributed by atoms with Crippen LogP contribution < -0.4 is 11.1 Å². The first-order valence-electron chi connectivity index (χ1n) is 8.87. The van der Waals surface area contributed by atoms with Crippen molar-refractivity contribution in [3.8, 4) is 16.9 Å². The summed E-state index contributed by atoms with van der Waals surface area (Å²) < 4.78 is 26.2. The zero-order chi connectivity index (χ0) is 20.3. The smallest absolute Gasteiger partial charge is 0.312 e. The molecule has 0 saturated heterocycles. The van der Waals surface area contributed by atoms with Gasteiger partial charge < -0.3 is 15.6 Å². The third kappa shape index (κ3) is 4.26. The summed E-state index contributed by atoms with van der Waals surface area (Å²) in [6, 6.07) is 16.4. The molecule has 0 fully saturated rings. The Hall–Kier alpha value is -3.06. The van der Waals surface area contributed by atoms with E-state index in [0.29, 0.717) is 13.0 Å². The van der Waals surface area contributed by atoms with Crippen molar-refractivity contribution in [3.63, 3.8) is 0 Å². The zero-order valence-corrected chi connectivity index (χ0v) is 16.7. The van der Waals surface area contributed by atoms with Crippen LogP contribution in [0.3, 0.4) is 0 Å². The van der Waals surface area contributed by atoms with Crippen LogP contribution >= 0.6 is 0 Å². The Morgan fingerprint density at radius 2 is 1.82 bits per heavy atom. The molecule has 6 nitrogen and oxygen atoms in total. The first-order valence-corrected chi connectivity index (χ1v) is 10.8. The SMILES string of the molecule is Cc1ccc(S(C)(=O)=O)cc1-c1c(CCNC(N)=O)ccn1-c1ccccc1. The van der Waals surface area contributed by atoms with Crippen LogP contribution in [-0.2, 0) is 16.3 Å². The number of carbonyl (C=O) groups is 1. The number of nitrogens with two attached hydrogens (primary N) is 1. The number of amides is 2. The van der Waals surface area contributed by atoms with Gasteiger partial charge in [-0.1, -0.05) is 24.3 Å². The summed E-state index contributed by atoms with van der Waals surface area (Å²) in [5.74, 6) is 0. The van der Waals surface area contributed by atoms with Crippen LogP contribution in [0, 0.1) is 6.92 Å². The van der Waals surface area contributed by atoms with Crippen LogP contribution in [0.25, 0.3) is 16.9 Å². The van der Waals surface area contributed by atoms with Gasteiger partial charge in [-0.3, -0.25) is 0 Å². The molecule has 0 saturated carbocycles. The number of benzene rings is 2. The van der Waals surface area contributed by atoms with E-state index in [9.17, 15) is 13.2 Å². The molecule has 3 aromatic rings. The number of rotatable bonds is 6. The predicted octanol–water partition coefficient (Wildman–Crippen LogP) is 3.07. The summed E-state index contributed by atoms with van der Waals surface area (Å²) in [5, 5.41) is 2.61. The minimum atomic E-state index is -3.33. The van der Waals surface area contributed by atoms with Gasteiger partial charge in [0.15, 0.2) is 9.84 Å². The molecule has 0 aliphatic heterocycles. The average Bonchev–Trinajstić information content (AvgIpc) is 3.05. The number of aryl methyl sites for hydroxylation is 1. The van der Waals surface area contributed by atoms with Crippen molar-refractivity contribution >= 4 is 15.9 Å². The highest BCUT2D eigenvalue weighted by Crippen LogP contribution is 2.32. The lowest BCUT2D eigenvalue weighted by molar-refractivity contribution is 0.249. The van der Waals surface area contributed by atoms with Crippen molar-refractivity contribution in [1.82, 2.24) is 9.88 Å². The fourth-order valence-electron chi connectivity index (χ4n) is 3.19. The fraction of sp³-hybridized carbons (Fsp3) is 0.190. The van der Waals surface area contributed by atoms with Crippen molar-refractivity contribution < 1.29 is 13.2 Å². The number of aromatic nitrogens is 1. The normalized spacial score (nSPS) is 11.4. The van der Waals surface area contributed by atoms with Crippen molar-refractivity contribution in [2.45, 2.75) is 18.2 Å². The molecule has 0 bridgehead atoms. The molecule has 28 heavy (non-hydrogen) atoms. The van der Waals surface area contributed by atoms with E-state index in [1.54, 1.807) is 12.1 Å². The number of urea groups is 1. The number of nitrogens with zero attached hydrogens (tertiary/aromatic N) is 1. The summed E-state index contributed by atoms with van der Waals surface area (Å²) >= 11 is 0. The van der Waals surface area contributed by atoms with Crippen molar-refractivity contribution in [2.24, 2.45) is 5.73 Å². The largest absolute Gasteiger partial charge is 0.352 e. The highest BCUT2D eigenvalue weighted by molar-refractivity contribution is 7.90. The maximum Gasteiger partial charge on any atom is 0.312 e. The van der Waals surface area contributed by atoms with Crippen molar-refractivity contribution in [2.75, 3.05) is 12.8 Å². The van der Waals surface area contributed by atoms with Gasteiger partial charge in [-0.25, -0.2) is 13.2 Å². The first-order chi connectivity index (χ1) is 13.3. The number of hydrogen-bond donors (Lipinski definition) is 2. The quantitative estimate of drug-likeness (QED) is 0.669. The highest BCUT2D eigenvalue weighted by Gasteiger charge is 2.17. The molecule has 1 aromatic heterocycles. The Bertz CT molecular complexity index is 1100. The first kappa shape index (κ1) is 19.7. The summed E-state index contributed by atoms with van der Waals surface area (Å²) in [7, 11) is -3.33. The standard InChI is InChI=1S/C21H23N3O3S/c1-15-8-9-18(28(2,26)27)14-19(15)20-16(10-12-23-21(22)25)11-13-24(20)17-6-4-3-5-7-17/h3-9,11,13-14H,10,12H2,1-2H3,(H3,22,23,25). The van der Waals surface area contributed by atoms with Gasteiger partial charge in [0.25, 0.3) is 0 Å². The van der Waals surface area contributed by atoms with Gasteiger partial charge in [-0.15, -0.1) is 0 Å². The van der Waals surface area contributed by atoms with E-state index in [1.807, 2.05) is 60.2 Å². The minimum absolute atomic E-state index is 0.273. The second-order valence-electron chi connectivity index (χ2n) is 6.69. The molecule has 2 amide bonds. The van der Waals surface area contributed by atoms with E-state index in [2.05, 4.69) is 5.32 Å². The molecule has 0 unspecified atom stereocenters. The lowest BCUT2D eigenvalue weighted by atomic mass is 10.0. The van der Waals surface area contributed by atoms with Crippen LogP contribution in [0.1, 0.15) is 11.1 Å². The van der Waals surface area contributed by atoms with E-state index >= 15 is 0 Å². The third-order valence-corrected chi connectivity index (χ3v) is 5.70. The van der Waals surface area contributed by atoms with Gasteiger partial charge in [0, 0.05) is 30.2 Å². The molecule has 1 heterocycles. The molecule has 7 heteroatoms. The Kier molecular flexibility index (Phi) is 5.56. The molecule has 146 valence electrons. The molecule has 0 spiro atoms. The van der Waals surface area contributed by atoms with Crippen LogP contribution in [0.4, 0.5) is 4.79 Å². The molecule has 2 aromatic carbocycles. The monoisotopic (exact) mass is 397 g/mol. The average molecular weight is 398 g/mol. The second-order valence-corrected chi connectivity index (χ2v) is 8.70. The van der Waals surface area contributed by atoms with Gasteiger partial charge in [-0.2, -0.15) is 0 Å². The Morgan fingerprint density at radius 3 is 2.46 bits per heavy atom. The maximum absolute atomic E-state index is 12.1. The number of hydrogen-bond acceptors (Lipinski definition) is 3. The predicted molar refractivity (Wildman–Crippen MR) is 110 cm³/mol. The van der Waals surface area contributed by atoms with Crippen LogP contribution in [0.15, 0.2) is 65.7 Å². The van der Waals surface area contributed by atoms with Gasteiger partial charge >= 0.3 is 6.03 Å². The molecular weight excluding hydrogens is 374 g/mol. The van der Waals surface area contributed by atoms with Crippen molar-refractivity contribution in [3.05, 3.63) is 71.9 Å². The number of nitrogens with one attached hydrogen (secondary N) is 1. The van der Waals surface area contributed by atoms with E-state index in [1.165, 1.54) is 6.26 Å². The van der Waals surface area contributed by atoms with E-state index in [0.717, 1.165) is 28.1 Å². The lowest BCUT2D eigenvalue weighted by Crippen LogP contribution is -2.31. The topological polar surface area (TPSA) is 94.2 Å². The van der Waals surface area contributed by atoms with Gasteiger partial charge in [0.2, 0.25) is 0 Å². The molecule has 0 atom stereocenters. The van der Waals surface area contributed by atoms with Crippen molar-refractivity contribution in [1.29, 1.82) is 0 Å². The molecule has 3 rings (SSSR count). The fourth-order valence-corrected chi connectivity index (χ4v) is 3.84. The Balaban J connectivity index is 2.17. The summed E-state index contributed by atoms with van der Waals surface area (Å²) in [4.78, 5) is 11.3. The van der Waals surface area contributed by atoms with E-state index in [-0.39, 0.29) is 4.90 Å². The number of carbonyl (C=O) groups excluding carboxylic acids is 1. The summed E-state index contributed by atoms with van der Waals surface area (Å²) in [6.07, 6.45) is 3.73. The molecular formula is C21H23N3O3S. The number of para-hydroxylation sites is 1. The van der Waals surface area contributed by atoms with Gasteiger partial charge in [0.05, 0.1) is 10.6 Å². The van der Waals surface area contributed by atoms with Gasteiger partial charge in [-0.05, 0) is 54.8 Å². The Labute approximate surface area is 164 Å². The third-order valence-electron chi connectivity index (χ3n) is 4.59. The summed E-state index contributed by atoms with van der Waals surface area (Å²) in [6.45, 7) is 2.35. The van der Waals surface area contributed by atoms with Gasteiger partial charge in [0.1, 0.15) is 0 Å². The maximum atomic E-state index is 12.1. The highest BCUT2D eigenvalue weighted by atomic mass is 32.2. The van der Waals surface area contributed by atoms with Crippen LogP contribution in [0.2, 0.25) is 0 Å². The molecule has 3 N–H and O–H groups in total. The molecule has 0 aliphatic carbocycles. The number of sulfone groups is 1. The Morgan fingerprint density at radius 1 is 1.11 bits per heavy atom. The van der Waals surface area contributed by atoms with E-state index in [4.69, 9.17) is 5.73 Å².